The maximum absolute atomic E-state index is 12.2. The van der Waals surface area contributed by atoms with Gasteiger partial charge in [-0.3, -0.25) is 4.79 Å². The van der Waals surface area contributed by atoms with Crippen LogP contribution >= 0.6 is 11.3 Å². The normalized spacial score (nSPS) is 12.4. The fourth-order valence-electron chi connectivity index (χ4n) is 2.17. The number of hydrogen-bond acceptors (Lipinski definition) is 5. The molecule has 21 heavy (non-hydrogen) atoms. The van der Waals surface area contributed by atoms with Gasteiger partial charge in [-0.15, -0.1) is 0 Å². The molecule has 1 aromatic carbocycles. The minimum Gasteiger partial charge on any atom is -0.469 e. The molecule has 2 heterocycles. The number of carbonyl (C=O) groups excluding carboxylic acids is 1. The van der Waals surface area contributed by atoms with Gasteiger partial charge in [-0.1, -0.05) is 11.3 Å². The Morgan fingerprint density at radius 2 is 2.33 bits per heavy atom. The lowest BCUT2D eigenvalue weighted by Gasteiger charge is -2.12. The first-order valence-electron chi connectivity index (χ1n) is 6.61. The van der Waals surface area contributed by atoms with Gasteiger partial charge in [0.1, 0.15) is 5.76 Å². The van der Waals surface area contributed by atoms with E-state index >= 15 is 0 Å². The summed E-state index contributed by atoms with van der Waals surface area (Å²) in [4.78, 5) is 16.4. The summed E-state index contributed by atoms with van der Waals surface area (Å²) in [6.07, 6.45) is 2.29. The van der Waals surface area contributed by atoms with Crippen molar-refractivity contribution in [3.63, 3.8) is 0 Å². The molecule has 3 N–H and O–H groups in total. The molecule has 0 saturated carbocycles. The van der Waals surface area contributed by atoms with Gasteiger partial charge in [-0.2, -0.15) is 0 Å². The Kier molecular flexibility index (Phi) is 3.62. The molecule has 3 aromatic rings. The van der Waals surface area contributed by atoms with Gasteiger partial charge in [0, 0.05) is 18.0 Å². The summed E-state index contributed by atoms with van der Waals surface area (Å²) in [6, 6.07) is 9.12. The number of anilines is 1. The van der Waals surface area contributed by atoms with Gasteiger partial charge < -0.3 is 15.5 Å². The average molecular weight is 301 g/mol. The van der Waals surface area contributed by atoms with E-state index in [0.29, 0.717) is 17.1 Å². The number of thiazole rings is 1. The van der Waals surface area contributed by atoms with E-state index in [9.17, 15) is 4.79 Å². The van der Waals surface area contributed by atoms with Gasteiger partial charge in [0.05, 0.1) is 16.5 Å². The average Bonchev–Trinajstić information content (AvgIpc) is 3.05. The number of hydrogen-bond donors (Lipinski definition) is 2. The number of nitrogens with two attached hydrogens (primary N) is 1. The summed E-state index contributed by atoms with van der Waals surface area (Å²) in [7, 11) is 0. The van der Waals surface area contributed by atoms with Crippen LogP contribution in [0, 0.1) is 0 Å². The van der Waals surface area contributed by atoms with Crippen molar-refractivity contribution in [2.75, 3.05) is 5.73 Å². The van der Waals surface area contributed by atoms with Gasteiger partial charge in [0.2, 0.25) is 0 Å². The van der Waals surface area contributed by atoms with Crippen molar-refractivity contribution in [1.29, 1.82) is 0 Å². The molecule has 0 saturated heterocycles. The number of benzene rings is 1. The molecule has 3 rings (SSSR count). The van der Waals surface area contributed by atoms with Gasteiger partial charge in [0.25, 0.3) is 5.91 Å². The highest BCUT2D eigenvalue weighted by atomic mass is 32.1. The quantitative estimate of drug-likeness (QED) is 0.776. The van der Waals surface area contributed by atoms with Crippen molar-refractivity contribution >= 4 is 32.6 Å². The molecule has 5 nitrogen and oxygen atoms in total. The maximum atomic E-state index is 12.2. The zero-order valence-electron chi connectivity index (χ0n) is 11.5. The second-order valence-corrected chi connectivity index (χ2v) is 5.95. The van der Waals surface area contributed by atoms with Crippen LogP contribution in [0.5, 0.6) is 0 Å². The van der Waals surface area contributed by atoms with E-state index in [1.54, 1.807) is 12.3 Å². The minimum absolute atomic E-state index is 0.00845. The molecule has 0 fully saturated rings. The number of carbonyl (C=O) groups is 1. The highest BCUT2D eigenvalue weighted by Gasteiger charge is 2.13. The number of nitrogens with one attached hydrogen (secondary N) is 1. The molecule has 0 bridgehead atoms. The standard InChI is InChI=1S/C15H15N3O2S/c1-9(7-11-3-2-6-20-11)17-14(19)10-4-5-12-13(8-10)21-15(16)18-12/h2-6,8-9H,7H2,1H3,(H2,16,18)(H,17,19). The molecule has 1 atom stereocenters. The Labute approximate surface area is 125 Å². The van der Waals surface area contributed by atoms with Crippen molar-refractivity contribution in [3.8, 4) is 0 Å². The van der Waals surface area contributed by atoms with E-state index in [4.69, 9.17) is 10.2 Å². The molecule has 0 radical (unpaired) electrons. The Hall–Kier alpha value is -2.34. The zero-order valence-corrected chi connectivity index (χ0v) is 12.3. The third-order valence-electron chi connectivity index (χ3n) is 3.13. The summed E-state index contributed by atoms with van der Waals surface area (Å²) < 4.78 is 6.20. The minimum atomic E-state index is -0.108. The van der Waals surface area contributed by atoms with Crippen LogP contribution in [0.15, 0.2) is 41.0 Å². The largest absolute Gasteiger partial charge is 0.469 e. The van der Waals surface area contributed by atoms with E-state index in [-0.39, 0.29) is 11.9 Å². The second kappa shape index (κ2) is 5.57. The highest BCUT2D eigenvalue weighted by molar-refractivity contribution is 7.22. The number of nitrogens with zero attached hydrogens (tertiary/aromatic N) is 1. The molecule has 0 aliphatic rings. The Morgan fingerprint density at radius 3 is 3.10 bits per heavy atom. The zero-order chi connectivity index (χ0) is 14.8. The van der Waals surface area contributed by atoms with Crippen molar-refractivity contribution in [2.45, 2.75) is 19.4 Å². The van der Waals surface area contributed by atoms with Crippen LogP contribution in [-0.2, 0) is 6.42 Å². The fraction of sp³-hybridized carbons (Fsp3) is 0.200. The number of rotatable bonds is 4. The summed E-state index contributed by atoms with van der Waals surface area (Å²) in [6.45, 7) is 1.95. The molecule has 1 unspecified atom stereocenters. The van der Waals surface area contributed by atoms with Crippen molar-refractivity contribution < 1.29 is 9.21 Å². The highest BCUT2D eigenvalue weighted by Crippen LogP contribution is 2.24. The monoisotopic (exact) mass is 301 g/mol. The molecule has 1 amide bonds. The predicted molar refractivity (Wildman–Crippen MR) is 83.4 cm³/mol. The Morgan fingerprint density at radius 1 is 1.48 bits per heavy atom. The first kappa shape index (κ1) is 13.6. The summed E-state index contributed by atoms with van der Waals surface area (Å²) in [5.74, 6) is 0.747. The van der Waals surface area contributed by atoms with E-state index in [2.05, 4.69) is 10.3 Å². The molecular weight excluding hydrogens is 286 g/mol. The van der Waals surface area contributed by atoms with Crippen LogP contribution in [0.25, 0.3) is 10.2 Å². The van der Waals surface area contributed by atoms with Crippen LogP contribution in [0.4, 0.5) is 5.13 Å². The molecule has 2 aromatic heterocycles. The SMILES string of the molecule is CC(Cc1ccco1)NC(=O)c1ccc2nc(N)sc2c1. The number of fused-ring (bicyclic) bond motifs is 1. The van der Waals surface area contributed by atoms with Crippen molar-refractivity contribution in [1.82, 2.24) is 10.3 Å². The maximum Gasteiger partial charge on any atom is 0.251 e. The number of aromatic nitrogens is 1. The van der Waals surface area contributed by atoms with Gasteiger partial charge in [-0.05, 0) is 37.3 Å². The molecular formula is C15H15N3O2S. The molecule has 6 heteroatoms. The van der Waals surface area contributed by atoms with Crippen LogP contribution in [-0.4, -0.2) is 16.9 Å². The Balaban J connectivity index is 1.71. The van der Waals surface area contributed by atoms with Gasteiger partial charge in [-0.25, -0.2) is 4.98 Å². The smallest absolute Gasteiger partial charge is 0.251 e. The number of furan rings is 1. The first-order chi connectivity index (χ1) is 10.1. The van der Waals surface area contributed by atoms with Crippen molar-refractivity contribution in [3.05, 3.63) is 47.9 Å². The fourth-order valence-corrected chi connectivity index (χ4v) is 2.95. The lowest BCUT2D eigenvalue weighted by Crippen LogP contribution is -2.33. The van der Waals surface area contributed by atoms with Crippen LogP contribution in [0.3, 0.4) is 0 Å². The van der Waals surface area contributed by atoms with Crippen LogP contribution in [0.1, 0.15) is 23.0 Å². The topological polar surface area (TPSA) is 81.2 Å². The van der Waals surface area contributed by atoms with Crippen molar-refractivity contribution in [2.24, 2.45) is 0 Å². The number of nitrogen functional groups attached to an aromatic ring is 1. The van der Waals surface area contributed by atoms with Gasteiger partial charge >= 0.3 is 0 Å². The van der Waals surface area contributed by atoms with E-state index in [0.717, 1.165) is 16.0 Å². The Bertz CT molecular complexity index is 764. The molecule has 0 aliphatic heterocycles. The molecule has 108 valence electrons. The van der Waals surface area contributed by atoms with E-state index in [1.165, 1.54) is 11.3 Å². The van der Waals surface area contributed by atoms with Gasteiger partial charge in [0.15, 0.2) is 5.13 Å². The first-order valence-corrected chi connectivity index (χ1v) is 7.43. The number of amides is 1. The molecule has 0 spiro atoms. The van der Waals surface area contributed by atoms with E-state index in [1.807, 2.05) is 31.2 Å². The van der Waals surface area contributed by atoms with Crippen LogP contribution < -0.4 is 11.1 Å². The van der Waals surface area contributed by atoms with E-state index < -0.39 is 0 Å². The summed E-state index contributed by atoms with van der Waals surface area (Å²) in [5, 5.41) is 3.47. The second-order valence-electron chi connectivity index (χ2n) is 4.89. The molecule has 0 aliphatic carbocycles. The third kappa shape index (κ3) is 3.05. The van der Waals surface area contributed by atoms with Crippen LogP contribution in [0.2, 0.25) is 0 Å². The predicted octanol–water partition coefficient (Wildman–Crippen LogP) is 2.83. The lowest BCUT2D eigenvalue weighted by molar-refractivity contribution is 0.0939. The third-order valence-corrected chi connectivity index (χ3v) is 3.98. The summed E-state index contributed by atoms with van der Waals surface area (Å²) >= 11 is 1.38. The lowest BCUT2D eigenvalue weighted by atomic mass is 10.1. The summed E-state index contributed by atoms with van der Waals surface area (Å²) in [5.41, 5.74) is 7.10.